The average molecular weight is 492 g/mol. The Kier molecular flexibility index (Phi) is 6.74. The van der Waals surface area contributed by atoms with Gasteiger partial charge in [-0.3, -0.25) is 4.79 Å². The molecule has 0 unspecified atom stereocenters. The lowest BCUT2D eigenvalue weighted by Crippen LogP contribution is -2.60. The van der Waals surface area contributed by atoms with Crippen LogP contribution in [0.15, 0.2) is 39.5 Å². The fourth-order valence-electron chi connectivity index (χ4n) is 3.84. The molecule has 1 aliphatic rings. The van der Waals surface area contributed by atoms with Gasteiger partial charge >= 0.3 is 0 Å². The number of aliphatic hydroxyl groups excluding tert-OH is 4. The summed E-state index contributed by atoms with van der Waals surface area (Å²) in [5, 5.41) is 60.0. The maximum absolute atomic E-state index is 13.0. The summed E-state index contributed by atoms with van der Waals surface area (Å²) in [6.45, 7) is -0.693. The first-order valence-electron chi connectivity index (χ1n) is 10.4. The van der Waals surface area contributed by atoms with Crippen molar-refractivity contribution < 1.29 is 54.0 Å². The number of phenolic OH excluding ortho intramolecular Hbond substituents is 2. The predicted molar refractivity (Wildman–Crippen MR) is 119 cm³/mol. The fraction of sp³-hybridized carbons (Fsp3) is 0.348. The predicted octanol–water partition coefficient (Wildman–Crippen LogP) is 0.0671. The molecule has 12 heteroatoms. The Morgan fingerprint density at radius 1 is 0.914 bits per heavy atom. The summed E-state index contributed by atoms with van der Waals surface area (Å²) in [6.07, 6.45) is -8.06. The number of methoxy groups -OCH3 is 2. The van der Waals surface area contributed by atoms with Crippen molar-refractivity contribution in [1.29, 1.82) is 0 Å². The second-order valence-electron chi connectivity index (χ2n) is 7.79. The molecule has 1 aromatic heterocycles. The van der Waals surface area contributed by atoms with Crippen molar-refractivity contribution in [3.05, 3.63) is 40.6 Å². The smallest absolute Gasteiger partial charge is 0.229 e. The van der Waals surface area contributed by atoms with E-state index < -0.39 is 48.5 Å². The van der Waals surface area contributed by atoms with Crippen molar-refractivity contribution in [3.63, 3.8) is 0 Å². The van der Waals surface area contributed by atoms with Crippen LogP contribution in [0.25, 0.3) is 22.3 Å². The lowest BCUT2D eigenvalue weighted by Gasteiger charge is -2.39. The number of phenols is 2. The van der Waals surface area contributed by atoms with Crippen LogP contribution < -0.4 is 19.6 Å². The van der Waals surface area contributed by atoms with Crippen molar-refractivity contribution in [3.8, 4) is 40.1 Å². The van der Waals surface area contributed by atoms with Gasteiger partial charge in [0, 0.05) is 11.6 Å². The van der Waals surface area contributed by atoms with E-state index >= 15 is 0 Å². The molecule has 0 bridgehead atoms. The molecule has 0 aliphatic carbocycles. The number of hydrogen-bond acceptors (Lipinski definition) is 12. The Morgan fingerprint density at radius 2 is 1.57 bits per heavy atom. The van der Waals surface area contributed by atoms with Gasteiger partial charge in [-0.1, -0.05) is 0 Å². The van der Waals surface area contributed by atoms with Crippen molar-refractivity contribution in [2.45, 2.75) is 30.7 Å². The van der Waals surface area contributed by atoms with E-state index in [4.69, 9.17) is 23.4 Å². The summed E-state index contributed by atoms with van der Waals surface area (Å²) in [7, 11) is 2.44. The summed E-state index contributed by atoms with van der Waals surface area (Å²) in [5.74, 6) is -1.36. The van der Waals surface area contributed by atoms with Gasteiger partial charge in [0.25, 0.3) is 0 Å². The maximum atomic E-state index is 13.0. The number of fused-ring (bicyclic) bond motifs is 1. The molecule has 0 amide bonds. The first-order valence-corrected chi connectivity index (χ1v) is 10.4. The lowest BCUT2D eigenvalue weighted by atomic mass is 9.99. The van der Waals surface area contributed by atoms with Gasteiger partial charge in [-0.25, -0.2) is 0 Å². The Morgan fingerprint density at radius 3 is 2.17 bits per heavy atom. The molecule has 5 atom stereocenters. The zero-order valence-electron chi connectivity index (χ0n) is 18.6. The summed E-state index contributed by atoms with van der Waals surface area (Å²) < 4.78 is 27.6. The number of benzene rings is 2. The van der Waals surface area contributed by atoms with Gasteiger partial charge in [0.1, 0.15) is 41.3 Å². The van der Waals surface area contributed by atoms with Gasteiger partial charge < -0.3 is 54.0 Å². The summed E-state index contributed by atoms with van der Waals surface area (Å²) in [5.41, 5.74) is -0.561. The molecule has 2 heterocycles. The summed E-state index contributed by atoms with van der Waals surface area (Å²) >= 11 is 0. The maximum Gasteiger partial charge on any atom is 0.229 e. The van der Waals surface area contributed by atoms with Crippen LogP contribution >= 0.6 is 0 Å². The van der Waals surface area contributed by atoms with Crippen molar-refractivity contribution in [1.82, 2.24) is 0 Å². The summed E-state index contributed by atoms with van der Waals surface area (Å²) in [6, 6.07) is 6.89. The van der Waals surface area contributed by atoms with Gasteiger partial charge in [0.05, 0.1) is 20.8 Å². The van der Waals surface area contributed by atoms with Crippen LogP contribution in [0.2, 0.25) is 0 Å². The van der Waals surface area contributed by atoms with Crippen LogP contribution in [-0.4, -0.2) is 82.2 Å². The van der Waals surface area contributed by atoms with Crippen LogP contribution in [0.1, 0.15) is 0 Å². The van der Waals surface area contributed by atoms with Crippen LogP contribution in [0.4, 0.5) is 0 Å². The molecule has 2 aromatic carbocycles. The highest BCUT2D eigenvalue weighted by molar-refractivity contribution is 5.95. The first-order chi connectivity index (χ1) is 16.7. The van der Waals surface area contributed by atoms with Gasteiger partial charge in [-0.15, -0.1) is 0 Å². The third-order valence-corrected chi connectivity index (χ3v) is 5.66. The van der Waals surface area contributed by atoms with E-state index in [1.54, 1.807) is 0 Å². The van der Waals surface area contributed by atoms with E-state index in [0.29, 0.717) is 5.56 Å². The fourth-order valence-corrected chi connectivity index (χ4v) is 3.84. The number of aliphatic hydroxyl groups is 4. The van der Waals surface area contributed by atoms with Crippen LogP contribution in [-0.2, 0) is 4.74 Å². The molecule has 1 saturated heterocycles. The third kappa shape index (κ3) is 4.22. The monoisotopic (exact) mass is 492 g/mol. The topological polar surface area (TPSA) is 189 Å². The van der Waals surface area contributed by atoms with Crippen LogP contribution in [0.3, 0.4) is 0 Å². The second kappa shape index (κ2) is 9.60. The molecule has 12 nitrogen and oxygen atoms in total. The van der Waals surface area contributed by atoms with E-state index in [0.717, 1.165) is 6.07 Å². The van der Waals surface area contributed by atoms with E-state index in [1.807, 2.05) is 0 Å². The van der Waals surface area contributed by atoms with Gasteiger partial charge in [0.15, 0.2) is 16.8 Å². The van der Waals surface area contributed by atoms with E-state index in [1.165, 1.54) is 38.5 Å². The molecule has 1 aliphatic heterocycles. The van der Waals surface area contributed by atoms with E-state index in [2.05, 4.69) is 0 Å². The SMILES string of the molecule is COc1c(OC)c(O)c2c(=O)cc(-c3ccc(O)cc3)oc2c1O[C@@H]1O[C@H](CO)[C@@H](O)[C@H](O)[C@H]1O. The number of hydrogen-bond donors (Lipinski definition) is 6. The largest absolute Gasteiger partial charge is 0.508 e. The van der Waals surface area contributed by atoms with E-state index in [-0.39, 0.29) is 39.7 Å². The van der Waals surface area contributed by atoms with Crippen molar-refractivity contribution in [2.24, 2.45) is 0 Å². The molecular formula is C23H24O12. The van der Waals surface area contributed by atoms with Crippen molar-refractivity contribution >= 4 is 11.0 Å². The van der Waals surface area contributed by atoms with Gasteiger partial charge in [0.2, 0.25) is 23.5 Å². The molecule has 35 heavy (non-hydrogen) atoms. The lowest BCUT2D eigenvalue weighted by molar-refractivity contribution is -0.277. The number of rotatable bonds is 6. The Balaban J connectivity index is 1.94. The zero-order chi connectivity index (χ0) is 25.4. The molecule has 188 valence electrons. The van der Waals surface area contributed by atoms with E-state index in [9.17, 15) is 35.4 Å². The molecule has 4 rings (SSSR count). The molecule has 6 N–H and O–H groups in total. The Bertz CT molecular complexity index is 1270. The first kappa shape index (κ1) is 24.6. The third-order valence-electron chi connectivity index (χ3n) is 5.66. The molecule has 0 spiro atoms. The van der Waals surface area contributed by atoms with Crippen LogP contribution in [0.5, 0.6) is 28.7 Å². The molecule has 0 radical (unpaired) electrons. The minimum atomic E-state index is -1.78. The van der Waals surface area contributed by atoms with Gasteiger partial charge in [-0.05, 0) is 24.3 Å². The number of aromatic hydroxyl groups is 2. The highest BCUT2D eigenvalue weighted by Gasteiger charge is 2.45. The standard InChI is InChI=1S/C23H24O12/c1-31-20-16(28)14-11(26)7-12(9-3-5-10(25)6-4-9)33-19(14)22(21(20)32-2)35-23-18(30)17(29)15(27)13(8-24)34-23/h3-7,13,15,17-18,23-25,27-30H,8H2,1-2H3/t13-,15-,17+,18-,23+/m1/s1. The minimum Gasteiger partial charge on any atom is -0.508 e. The minimum absolute atomic E-state index is 0.00687. The molecule has 3 aromatic rings. The molecular weight excluding hydrogens is 468 g/mol. The van der Waals surface area contributed by atoms with Crippen LogP contribution in [0, 0.1) is 0 Å². The zero-order valence-corrected chi connectivity index (χ0v) is 18.6. The Labute approximate surface area is 197 Å². The highest BCUT2D eigenvalue weighted by atomic mass is 16.7. The summed E-state index contributed by atoms with van der Waals surface area (Å²) in [4.78, 5) is 13.0. The Hall–Kier alpha value is -3.55. The number of ether oxygens (including phenoxy) is 4. The van der Waals surface area contributed by atoms with Gasteiger partial charge in [-0.2, -0.15) is 0 Å². The second-order valence-corrected chi connectivity index (χ2v) is 7.79. The normalized spacial score (nSPS) is 24.3. The average Bonchev–Trinajstić information content (AvgIpc) is 2.85. The van der Waals surface area contributed by atoms with Crippen molar-refractivity contribution in [2.75, 3.05) is 20.8 Å². The quantitative estimate of drug-likeness (QED) is 0.272. The molecule has 1 fully saturated rings. The molecule has 0 saturated carbocycles. The highest BCUT2D eigenvalue weighted by Crippen LogP contribution is 2.50.